The van der Waals surface area contributed by atoms with Crippen LogP contribution in [0.4, 0.5) is 5.69 Å². The number of nitrogens with one attached hydrogen (secondary N) is 1. The highest BCUT2D eigenvalue weighted by Crippen LogP contribution is 2.10. The van der Waals surface area contributed by atoms with Gasteiger partial charge >= 0.3 is 5.97 Å². The van der Waals surface area contributed by atoms with E-state index < -0.39 is 12.0 Å². The van der Waals surface area contributed by atoms with Crippen molar-refractivity contribution >= 4 is 48.1 Å². The van der Waals surface area contributed by atoms with Crippen LogP contribution >= 0.6 is 36.4 Å². The van der Waals surface area contributed by atoms with Crippen LogP contribution in [0.3, 0.4) is 0 Å². The Bertz CT molecular complexity index is 347. The Morgan fingerprint density at radius 1 is 1.33 bits per heavy atom. The van der Waals surface area contributed by atoms with Crippen LogP contribution in [0, 0.1) is 0 Å². The van der Waals surface area contributed by atoms with E-state index in [1.54, 1.807) is 0 Å². The molecule has 0 saturated carbocycles. The lowest BCUT2D eigenvalue weighted by atomic mass is 10.1. The summed E-state index contributed by atoms with van der Waals surface area (Å²) in [7, 11) is 0. The van der Waals surface area contributed by atoms with E-state index in [2.05, 4.69) is 5.32 Å². The summed E-state index contributed by atoms with van der Waals surface area (Å²) in [5.74, 6) is -0.435. The number of carboxylic acids is 1. The standard InChI is InChI=1S/C11H15ClN2O2.2ClH/c12-5-6-14-9-3-1-8(2-4-9)7-10(13)11(15)16;;/h1-4,10,14H,5-7,13H2,(H,15,16);2*1H. The molecule has 7 heteroatoms. The van der Waals surface area contributed by atoms with Gasteiger partial charge in [0.2, 0.25) is 0 Å². The maximum atomic E-state index is 10.6. The van der Waals surface area contributed by atoms with Gasteiger partial charge in [-0.15, -0.1) is 36.4 Å². The first kappa shape index (κ1) is 19.7. The van der Waals surface area contributed by atoms with Crippen LogP contribution in [0.1, 0.15) is 5.56 Å². The number of aliphatic carboxylic acids is 1. The highest BCUT2D eigenvalue weighted by atomic mass is 35.5. The Kier molecular flexibility index (Phi) is 11.2. The van der Waals surface area contributed by atoms with Crippen LogP contribution in [0.2, 0.25) is 0 Å². The predicted octanol–water partition coefficient (Wildman–Crippen LogP) is 2.14. The van der Waals surface area contributed by atoms with Gasteiger partial charge in [0.05, 0.1) is 0 Å². The maximum Gasteiger partial charge on any atom is 0.320 e. The van der Waals surface area contributed by atoms with Crippen LogP contribution in [-0.2, 0) is 11.2 Å². The van der Waals surface area contributed by atoms with Gasteiger partial charge in [-0.25, -0.2) is 0 Å². The minimum atomic E-state index is -0.982. The summed E-state index contributed by atoms with van der Waals surface area (Å²) < 4.78 is 0. The molecule has 4 nitrogen and oxygen atoms in total. The van der Waals surface area contributed by atoms with E-state index >= 15 is 0 Å². The van der Waals surface area contributed by atoms with Crippen molar-refractivity contribution in [2.45, 2.75) is 12.5 Å². The topological polar surface area (TPSA) is 75.3 Å². The molecule has 0 heterocycles. The first-order valence-electron chi connectivity index (χ1n) is 5.00. The number of hydrogen-bond acceptors (Lipinski definition) is 3. The van der Waals surface area contributed by atoms with Crippen molar-refractivity contribution in [2.24, 2.45) is 5.73 Å². The fourth-order valence-corrected chi connectivity index (χ4v) is 1.39. The van der Waals surface area contributed by atoms with E-state index in [9.17, 15) is 4.79 Å². The third kappa shape index (κ3) is 6.91. The maximum absolute atomic E-state index is 10.6. The summed E-state index contributed by atoms with van der Waals surface area (Å²) in [6, 6.07) is 6.65. The molecule has 1 atom stereocenters. The summed E-state index contributed by atoms with van der Waals surface area (Å²) in [4.78, 5) is 10.6. The van der Waals surface area contributed by atoms with Gasteiger partial charge in [-0.05, 0) is 24.1 Å². The fraction of sp³-hybridized carbons (Fsp3) is 0.364. The van der Waals surface area contributed by atoms with E-state index in [4.69, 9.17) is 22.4 Å². The minimum absolute atomic E-state index is 0. The monoisotopic (exact) mass is 314 g/mol. The molecule has 0 bridgehead atoms. The second kappa shape index (κ2) is 10.3. The van der Waals surface area contributed by atoms with Gasteiger partial charge < -0.3 is 16.2 Å². The molecule has 4 N–H and O–H groups in total. The highest BCUT2D eigenvalue weighted by Gasteiger charge is 2.11. The van der Waals surface area contributed by atoms with E-state index in [-0.39, 0.29) is 24.8 Å². The van der Waals surface area contributed by atoms with Crippen LogP contribution < -0.4 is 11.1 Å². The number of carbonyl (C=O) groups is 1. The number of benzene rings is 1. The van der Waals surface area contributed by atoms with E-state index in [0.717, 1.165) is 11.3 Å². The molecule has 0 saturated heterocycles. The predicted molar refractivity (Wildman–Crippen MR) is 79.5 cm³/mol. The van der Waals surface area contributed by atoms with Crippen molar-refractivity contribution in [3.8, 4) is 0 Å². The van der Waals surface area contributed by atoms with Crippen LogP contribution in [0.5, 0.6) is 0 Å². The number of anilines is 1. The SMILES string of the molecule is Cl.Cl.NC(Cc1ccc(NCCCl)cc1)C(=O)O. The number of hydrogen-bond donors (Lipinski definition) is 3. The largest absolute Gasteiger partial charge is 0.480 e. The second-order valence-electron chi connectivity index (χ2n) is 3.46. The van der Waals surface area contributed by atoms with Crippen molar-refractivity contribution in [2.75, 3.05) is 17.7 Å². The molecular weight excluding hydrogens is 298 g/mol. The molecule has 1 unspecified atom stereocenters. The van der Waals surface area contributed by atoms with Gasteiger partial charge in [-0.2, -0.15) is 0 Å². The van der Waals surface area contributed by atoms with E-state index in [0.29, 0.717) is 18.8 Å². The summed E-state index contributed by atoms with van der Waals surface area (Å²) in [5.41, 5.74) is 7.31. The number of carboxylic acid groups (broad SMARTS) is 1. The van der Waals surface area contributed by atoms with Crippen LogP contribution in [-0.4, -0.2) is 29.5 Å². The summed E-state index contributed by atoms with van der Waals surface area (Å²) in [5, 5.41) is 11.8. The Labute approximate surface area is 124 Å². The van der Waals surface area contributed by atoms with Gasteiger partial charge in [-0.1, -0.05) is 12.1 Å². The van der Waals surface area contributed by atoms with Crippen LogP contribution in [0.15, 0.2) is 24.3 Å². The molecule has 1 aromatic rings. The molecule has 1 aromatic carbocycles. The molecular formula is C11H17Cl3N2O2. The van der Waals surface area contributed by atoms with Gasteiger partial charge in [0.1, 0.15) is 6.04 Å². The highest BCUT2D eigenvalue weighted by molar-refractivity contribution is 6.18. The lowest BCUT2D eigenvalue weighted by Crippen LogP contribution is -2.32. The molecule has 1 rings (SSSR count). The minimum Gasteiger partial charge on any atom is -0.480 e. The summed E-state index contributed by atoms with van der Waals surface area (Å²) >= 11 is 5.54. The zero-order valence-electron chi connectivity index (χ0n) is 9.64. The molecule has 0 aliphatic heterocycles. The third-order valence-corrected chi connectivity index (χ3v) is 2.34. The van der Waals surface area contributed by atoms with Gasteiger partial charge in [-0.3, -0.25) is 4.79 Å². The zero-order valence-corrected chi connectivity index (χ0v) is 12.0. The lowest BCUT2D eigenvalue weighted by Gasteiger charge is -2.08. The first-order chi connectivity index (χ1) is 7.63. The Morgan fingerprint density at radius 2 is 1.89 bits per heavy atom. The molecule has 0 fully saturated rings. The van der Waals surface area contributed by atoms with Crippen molar-refractivity contribution in [3.05, 3.63) is 29.8 Å². The van der Waals surface area contributed by atoms with Crippen molar-refractivity contribution < 1.29 is 9.90 Å². The van der Waals surface area contributed by atoms with E-state index in [1.165, 1.54) is 0 Å². The smallest absolute Gasteiger partial charge is 0.320 e. The third-order valence-electron chi connectivity index (χ3n) is 2.15. The van der Waals surface area contributed by atoms with Crippen molar-refractivity contribution in [3.63, 3.8) is 0 Å². The summed E-state index contributed by atoms with van der Waals surface area (Å²) in [6.45, 7) is 0.704. The van der Waals surface area contributed by atoms with E-state index in [1.807, 2.05) is 24.3 Å². The number of rotatable bonds is 6. The molecule has 0 aromatic heterocycles. The molecule has 0 spiro atoms. The molecule has 18 heavy (non-hydrogen) atoms. The zero-order chi connectivity index (χ0) is 12.0. The van der Waals surface area contributed by atoms with Gasteiger partial charge in [0, 0.05) is 18.1 Å². The fourth-order valence-electron chi connectivity index (χ4n) is 1.29. The molecule has 0 aliphatic carbocycles. The van der Waals surface area contributed by atoms with Crippen molar-refractivity contribution in [1.29, 1.82) is 0 Å². The molecule has 0 amide bonds. The number of alkyl halides is 1. The number of halogens is 3. The molecule has 104 valence electrons. The second-order valence-corrected chi connectivity index (χ2v) is 3.84. The lowest BCUT2D eigenvalue weighted by molar-refractivity contribution is -0.138. The Morgan fingerprint density at radius 3 is 2.33 bits per heavy atom. The first-order valence-corrected chi connectivity index (χ1v) is 5.54. The van der Waals surface area contributed by atoms with Crippen molar-refractivity contribution in [1.82, 2.24) is 0 Å². The quantitative estimate of drug-likeness (QED) is 0.703. The average molecular weight is 316 g/mol. The molecule has 0 radical (unpaired) electrons. The average Bonchev–Trinajstić information content (AvgIpc) is 2.28. The molecule has 0 aliphatic rings. The van der Waals surface area contributed by atoms with Crippen LogP contribution in [0.25, 0.3) is 0 Å². The number of nitrogens with two attached hydrogens (primary N) is 1. The Hall–Kier alpha value is -0.680. The van der Waals surface area contributed by atoms with Gasteiger partial charge in [0.15, 0.2) is 0 Å². The summed E-state index contributed by atoms with van der Waals surface area (Å²) in [6.07, 6.45) is 0.338. The van der Waals surface area contributed by atoms with Gasteiger partial charge in [0.25, 0.3) is 0 Å². The Balaban J connectivity index is 0. The normalized spacial score (nSPS) is 10.8.